The number of aliphatic hydroxyl groups excluding tert-OH is 1. The molecule has 1 aromatic rings. The van der Waals surface area contributed by atoms with Crippen LogP contribution in [0.5, 0.6) is 0 Å². The summed E-state index contributed by atoms with van der Waals surface area (Å²) in [6.07, 6.45) is 8.08. The molecule has 98 valence electrons. The number of hydrogen-bond donors (Lipinski definition) is 2. The molecule has 0 atom stereocenters. The SMILES string of the molecule is O=C(Cc1cccnc1)NCC1(CO)CCCC1. The lowest BCUT2D eigenvalue weighted by atomic mass is 9.87. The molecule has 2 rings (SSSR count). The molecule has 1 amide bonds. The van der Waals surface area contributed by atoms with Gasteiger partial charge in [0.05, 0.1) is 13.0 Å². The van der Waals surface area contributed by atoms with Crippen molar-refractivity contribution in [1.82, 2.24) is 10.3 Å². The van der Waals surface area contributed by atoms with Crippen molar-refractivity contribution in [3.8, 4) is 0 Å². The smallest absolute Gasteiger partial charge is 0.224 e. The van der Waals surface area contributed by atoms with Crippen LogP contribution in [0.2, 0.25) is 0 Å². The predicted molar refractivity (Wildman–Crippen MR) is 68.9 cm³/mol. The van der Waals surface area contributed by atoms with Crippen LogP contribution in [0.3, 0.4) is 0 Å². The van der Waals surface area contributed by atoms with Crippen molar-refractivity contribution in [2.75, 3.05) is 13.2 Å². The minimum absolute atomic E-state index is 0.00252. The monoisotopic (exact) mass is 248 g/mol. The molecule has 1 fully saturated rings. The van der Waals surface area contributed by atoms with Crippen molar-refractivity contribution < 1.29 is 9.90 Å². The lowest BCUT2D eigenvalue weighted by molar-refractivity contribution is -0.121. The molecule has 1 aliphatic rings. The number of nitrogens with zero attached hydrogens (tertiary/aromatic N) is 1. The fourth-order valence-electron chi connectivity index (χ4n) is 2.55. The highest BCUT2D eigenvalue weighted by molar-refractivity contribution is 5.78. The van der Waals surface area contributed by atoms with Gasteiger partial charge in [0.15, 0.2) is 0 Å². The van der Waals surface area contributed by atoms with Gasteiger partial charge in [0.25, 0.3) is 0 Å². The van der Waals surface area contributed by atoms with Crippen LogP contribution in [0.4, 0.5) is 0 Å². The minimum atomic E-state index is -0.0788. The molecule has 1 aromatic heterocycles. The number of carbonyl (C=O) groups excluding carboxylic acids is 1. The first kappa shape index (κ1) is 13.0. The Bertz CT molecular complexity index is 386. The quantitative estimate of drug-likeness (QED) is 0.825. The molecule has 0 unspecified atom stereocenters. The maximum atomic E-state index is 11.8. The standard InChI is InChI=1S/C14H20N2O2/c17-11-14(5-1-2-6-14)10-16-13(18)8-12-4-3-7-15-9-12/h3-4,7,9,17H,1-2,5-6,8,10-11H2,(H,16,18). The lowest BCUT2D eigenvalue weighted by Crippen LogP contribution is -2.38. The molecule has 0 bridgehead atoms. The Balaban J connectivity index is 1.81. The van der Waals surface area contributed by atoms with Crippen LogP contribution in [0.1, 0.15) is 31.2 Å². The van der Waals surface area contributed by atoms with Crippen molar-refractivity contribution in [2.24, 2.45) is 5.41 Å². The molecule has 0 spiro atoms. The number of nitrogens with one attached hydrogen (secondary N) is 1. The zero-order valence-corrected chi connectivity index (χ0v) is 10.6. The number of aromatic nitrogens is 1. The number of rotatable bonds is 5. The van der Waals surface area contributed by atoms with Crippen LogP contribution in [0.25, 0.3) is 0 Å². The van der Waals surface area contributed by atoms with Gasteiger partial charge in [0.1, 0.15) is 0 Å². The zero-order chi connectivity index (χ0) is 12.8. The van der Waals surface area contributed by atoms with Crippen LogP contribution in [0, 0.1) is 5.41 Å². The molecule has 1 saturated carbocycles. The molecule has 18 heavy (non-hydrogen) atoms. The fraction of sp³-hybridized carbons (Fsp3) is 0.571. The van der Waals surface area contributed by atoms with Crippen molar-refractivity contribution in [1.29, 1.82) is 0 Å². The second-order valence-electron chi connectivity index (χ2n) is 5.18. The van der Waals surface area contributed by atoms with E-state index >= 15 is 0 Å². The third kappa shape index (κ3) is 3.29. The van der Waals surface area contributed by atoms with Crippen molar-refractivity contribution in [3.63, 3.8) is 0 Å². The van der Waals surface area contributed by atoms with Crippen molar-refractivity contribution in [3.05, 3.63) is 30.1 Å². The van der Waals surface area contributed by atoms with E-state index in [2.05, 4.69) is 10.3 Å². The topological polar surface area (TPSA) is 62.2 Å². The number of aliphatic hydroxyl groups is 1. The van der Waals surface area contributed by atoms with Gasteiger partial charge < -0.3 is 10.4 Å². The van der Waals surface area contributed by atoms with Gasteiger partial charge in [-0.25, -0.2) is 0 Å². The lowest BCUT2D eigenvalue weighted by Gasteiger charge is -2.26. The highest BCUT2D eigenvalue weighted by Gasteiger charge is 2.33. The maximum absolute atomic E-state index is 11.8. The summed E-state index contributed by atoms with van der Waals surface area (Å²) in [7, 11) is 0. The van der Waals surface area contributed by atoms with Crippen LogP contribution < -0.4 is 5.32 Å². The summed E-state index contributed by atoms with van der Waals surface area (Å²) in [6.45, 7) is 0.753. The van der Waals surface area contributed by atoms with Gasteiger partial charge in [0.2, 0.25) is 5.91 Å². The van der Waals surface area contributed by atoms with Gasteiger partial charge >= 0.3 is 0 Å². The molecular weight excluding hydrogens is 228 g/mol. The second-order valence-corrected chi connectivity index (χ2v) is 5.18. The zero-order valence-electron chi connectivity index (χ0n) is 10.6. The summed E-state index contributed by atoms with van der Waals surface area (Å²) in [5, 5.41) is 12.4. The Labute approximate surface area is 107 Å². The molecule has 4 nitrogen and oxygen atoms in total. The summed E-state index contributed by atoms with van der Waals surface area (Å²) in [5.41, 5.74) is 0.837. The summed E-state index contributed by atoms with van der Waals surface area (Å²) in [6, 6.07) is 3.72. The van der Waals surface area contributed by atoms with E-state index in [0.717, 1.165) is 31.2 Å². The Hall–Kier alpha value is -1.42. The third-order valence-corrected chi connectivity index (χ3v) is 3.75. The van der Waals surface area contributed by atoms with Crippen LogP contribution in [-0.2, 0) is 11.2 Å². The Morgan fingerprint density at radius 1 is 1.44 bits per heavy atom. The Kier molecular flexibility index (Phi) is 4.31. The van der Waals surface area contributed by atoms with E-state index in [1.165, 1.54) is 0 Å². The third-order valence-electron chi connectivity index (χ3n) is 3.75. The summed E-state index contributed by atoms with van der Waals surface area (Å²) in [4.78, 5) is 15.8. The van der Waals surface area contributed by atoms with E-state index in [1.54, 1.807) is 12.4 Å². The summed E-state index contributed by atoms with van der Waals surface area (Å²) < 4.78 is 0. The van der Waals surface area contributed by atoms with Gasteiger partial charge in [-0.05, 0) is 24.5 Å². The number of amides is 1. The largest absolute Gasteiger partial charge is 0.396 e. The van der Waals surface area contributed by atoms with Gasteiger partial charge in [-0.2, -0.15) is 0 Å². The fourth-order valence-corrected chi connectivity index (χ4v) is 2.55. The number of carbonyl (C=O) groups is 1. The van der Waals surface area contributed by atoms with Gasteiger partial charge in [-0.3, -0.25) is 9.78 Å². The summed E-state index contributed by atoms with van der Waals surface area (Å²) in [5.74, 6) is 0.00252. The van der Waals surface area contributed by atoms with E-state index in [4.69, 9.17) is 0 Å². The predicted octanol–water partition coefficient (Wildman–Crippen LogP) is 1.29. The highest BCUT2D eigenvalue weighted by atomic mass is 16.3. The summed E-state index contributed by atoms with van der Waals surface area (Å²) >= 11 is 0. The van der Waals surface area contributed by atoms with Crippen molar-refractivity contribution in [2.45, 2.75) is 32.1 Å². The minimum Gasteiger partial charge on any atom is -0.396 e. The van der Waals surface area contributed by atoms with E-state index in [9.17, 15) is 9.90 Å². The molecule has 2 N–H and O–H groups in total. The molecule has 1 heterocycles. The first-order valence-corrected chi connectivity index (χ1v) is 6.51. The van der Waals surface area contributed by atoms with Gasteiger partial charge in [-0.15, -0.1) is 0 Å². The van der Waals surface area contributed by atoms with E-state index in [1.807, 2.05) is 12.1 Å². The first-order valence-electron chi connectivity index (χ1n) is 6.51. The van der Waals surface area contributed by atoms with Crippen LogP contribution >= 0.6 is 0 Å². The van der Waals surface area contributed by atoms with Crippen molar-refractivity contribution >= 4 is 5.91 Å². The molecule has 0 radical (unpaired) electrons. The molecule has 4 heteroatoms. The van der Waals surface area contributed by atoms with E-state index in [0.29, 0.717) is 13.0 Å². The molecule has 0 aliphatic heterocycles. The van der Waals surface area contributed by atoms with E-state index in [-0.39, 0.29) is 17.9 Å². The Morgan fingerprint density at radius 2 is 2.22 bits per heavy atom. The molecular formula is C14H20N2O2. The second kappa shape index (κ2) is 5.96. The average Bonchev–Trinajstić information content (AvgIpc) is 2.87. The normalized spacial score (nSPS) is 17.6. The number of hydrogen-bond acceptors (Lipinski definition) is 3. The average molecular weight is 248 g/mol. The molecule has 0 aromatic carbocycles. The number of pyridine rings is 1. The molecule has 1 aliphatic carbocycles. The van der Waals surface area contributed by atoms with Gasteiger partial charge in [0, 0.05) is 24.4 Å². The Morgan fingerprint density at radius 3 is 2.83 bits per heavy atom. The van der Waals surface area contributed by atoms with E-state index < -0.39 is 0 Å². The van der Waals surface area contributed by atoms with Gasteiger partial charge in [-0.1, -0.05) is 18.9 Å². The highest BCUT2D eigenvalue weighted by Crippen LogP contribution is 2.36. The maximum Gasteiger partial charge on any atom is 0.224 e. The molecule has 0 saturated heterocycles. The van der Waals surface area contributed by atoms with Crippen LogP contribution in [0.15, 0.2) is 24.5 Å². The van der Waals surface area contributed by atoms with Crippen LogP contribution in [-0.4, -0.2) is 29.1 Å². The first-order chi connectivity index (χ1) is 8.74.